The molecule has 0 aliphatic rings. The monoisotopic (exact) mass is 265 g/mol. The van der Waals surface area contributed by atoms with E-state index in [1.807, 2.05) is 18.2 Å². The Balaban J connectivity index is 2.09. The van der Waals surface area contributed by atoms with Crippen LogP contribution in [0.2, 0.25) is 0 Å². The topological polar surface area (TPSA) is 25.2 Å². The maximum absolute atomic E-state index is 6.00. The van der Waals surface area contributed by atoms with Crippen LogP contribution in [0.3, 0.4) is 0 Å². The molecule has 20 heavy (non-hydrogen) atoms. The van der Waals surface area contributed by atoms with Gasteiger partial charge in [0.2, 0.25) is 0 Å². The number of fused-ring (bicyclic) bond motifs is 1. The first-order chi connectivity index (χ1) is 9.79. The second-order valence-electron chi connectivity index (χ2n) is 5.02. The van der Waals surface area contributed by atoms with Gasteiger partial charge in [0.15, 0.2) is 0 Å². The largest absolute Gasteiger partial charge is 0.456 e. The van der Waals surface area contributed by atoms with Crippen LogP contribution in [0.4, 0.5) is 0 Å². The van der Waals surface area contributed by atoms with Gasteiger partial charge < -0.3 is 9.73 Å². The summed E-state index contributed by atoms with van der Waals surface area (Å²) in [7, 11) is 0. The van der Waals surface area contributed by atoms with Crippen LogP contribution in [-0.2, 0) is 0 Å². The first-order valence-corrected chi connectivity index (χ1v) is 7.11. The summed E-state index contributed by atoms with van der Waals surface area (Å²) in [6, 6.07) is 19.0. The van der Waals surface area contributed by atoms with Gasteiger partial charge >= 0.3 is 0 Å². The molecule has 1 heterocycles. The molecule has 1 N–H and O–H groups in total. The Morgan fingerprint density at radius 2 is 1.80 bits per heavy atom. The summed E-state index contributed by atoms with van der Waals surface area (Å²) in [5.41, 5.74) is 3.37. The molecule has 0 aliphatic heterocycles. The zero-order chi connectivity index (χ0) is 13.9. The van der Waals surface area contributed by atoms with Crippen LogP contribution in [-0.4, -0.2) is 6.54 Å². The predicted molar refractivity (Wildman–Crippen MR) is 83.7 cm³/mol. The van der Waals surface area contributed by atoms with E-state index in [0.29, 0.717) is 6.04 Å². The summed E-state index contributed by atoms with van der Waals surface area (Å²) in [5.74, 6) is 0.937. The quantitative estimate of drug-likeness (QED) is 0.735. The lowest BCUT2D eigenvalue weighted by molar-refractivity contribution is 0.592. The first kappa shape index (κ1) is 12.9. The SMILES string of the molecule is CCNC(C)c1ccccc1-c1cc2ccccc2o1. The van der Waals surface area contributed by atoms with Crippen molar-refractivity contribution in [1.29, 1.82) is 0 Å². The Bertz CT molecular complexity index is 681. The van der Waals surface area contributed by atoms with Gasteiger partial charge in [0, 0.05) is 17.0 Å². The lowest BCUT2D eigenvalue weighted by atomic mass is 9.99. The van der Waals surface area contributed by atoms with Crippen molar-refractivity contribution in [1.82, 2.24) is 5.32 Å². The van der Waals surface area contributed by atoms with Gasteiger partial charge in [-0.3, -0.25) is 0 Å². The van der Waals surface area contributed by atoms with Crippen LogP contribution in [0.25, 0.3) is 22.3 Å². The van der Waals surface area contributed by atoms with E-state index in [-0.39, 0.29) is 0 Å². The number of benzene rings is 2. The average Bonchev–Trinajstić information content (AvgIpc) is 2.91. The maximum atomic E-state index is 6.00. The Kier molecular flexibility index (Phi) is 3.57. The third-order valence-corrected chi connectivity index (χ3v) is 3.63. The van der Waals surface area contributed by atoms with Gasteiger partial charge in [0.05, 0.1) is 0 Å². The highest BCUT2D eigenvalue weighted by molar-refractivity contribution is 5.83. The molecule has 0 bridgehead atoms. The third kappa shape index (κ3) is 2.35. The Morgan fingerprint density at radius 3 is 2.60 bits per heavy atom. The zero-order valence-corrected chi connectivity index (χ0v) is 11.9. The standard InChI is InChI=1S/C18H19NO/c1-3-19-13(2)15-9-5-6-10-16(15)18-12-14-8-4-7-11-17(14)20-18/h4-13,19H,3H2,1-2H3. The fraction of sp³-hybridized carbons (Fsp3) is 0.222. The molecule has 1 aromatic heterocycles. The number of hydrogen-bond donors (Lipinski definition) is 1. The van der Waals surface area contributed by atoms with Crippen molar-refractivity contribution >= 4 is 11.0 Å². The van der Waals surface area contributed by atoms with Gasteiger partial charge in [0.1, 0.15) is 11.3 Å². The van der Waals surface area contributed by atoms with E-state index in [1.165, 1.54) is 5.56 Å². The van der Waals surface area contributed by atoms with Crippen molar-refractivity contribution < 1.29 is 4.42 Å². The van der Waals surface area contributed by atoms with Crippen molar-refractivity contribution in [2.24, 2.45) is 0 Å². The number of rotatable bonds is 4. The van der Waals surface area contributed by atoms with Gasteiger partial charge in [-0.15, -0.1) is 0 Å². The Labute approximate surface area is 119 Å². The normalized spacial score (nSPS) is 12.7. The predicted octanol–water partition coefficient (Wildman–Crippen LogP) is 4.77. The molecule has 1 unspecified atom stereocenters. The van der Waals surface area contributed by atoms with Crippen LogP contribution in [0.1, 0.15) is 25.5 Å². The lowest BCUT2D eigenvalue weighted by Crippen LogP contribution is -2.18. The first-order valence-electron chi connectivity index (χ1n) is 7.11. The van der Waals surface area contributed by atoms with Crippen molar-refractivity contribution in [3.63, 3.8) is 0 Å². The molecule has 0 saturated carbocycles. The van der Waals surface area contributed by atoms with Crippen molar-refractivity contribution in [3.8, 4) is 11.3 Å². The van der Waals surface area contributed by atoms with Crippen LogP contribution in [0.5, 0.6) is 0 Å². The molecule has 0 amide bonds. The lowest BCUT2D eigenvalue weighted by Gasteiger charge is -2.15. The highest BCUT2D eigenvalue weighted by atomic mass is 16.3. The van der Waals surface area contributed by atoms with Crippen molar-refractivity contribution in [2.45, 2.75) is 19.9 Å². The van der Waals surface area contributed by atoms with E-state index in [9.17, 15) is 0 Å². The minimum atomic E-state index is 0.310. The van der Waals surface area contributed by atoms with Crippen LogP contribution < -0.4 is 5.32 Å². The average molecular weight is 265 g/mol. The van der Waals surface area contributed by atoms with Crippen molar-refractivity contribution in [2.75, 3.05) is 6.54 Å². The Morgan fingerprint density at radius 1 is 1.05 bits per heavy atom. The molecule has 3 aromatic rings. The highest BCUT2D eigenvalue weighted by Crippen LogP contribution is 2.32. The highest BCUT2D eigenvalue weighted by Gasteiger charge is 2.13. The van der Waals surface area contributed by atoms with Crippen LogP contribution in [0, 0.1) is 0 Å². The molecule has 1 atom stereocenters. The fourth-order valence-electron chi connectivity index (χ4n) is 2.63. The third-order valence-electron chi connectivity index (χ3n) is 3.63. The smallest absolute Gasteiger partial charge is 0.135 e. The number of furan rings is 1. The van der Waals surface area contributed by atoms with E-state index in [1.54, 1.807) is 0 Å². The van der Waals surface area contributed by atoms with Gasteiger partial charge in [0.25, 0.3) is 0 Å². The summed E-state index contributed by atoms with van der Waals surface area (Å²) in [6.45, 7) is 5.26. The van der Waals surface area contributed by atoms with E-state index in [2.05, 4.69) is 55.6 Å². The minimum absolute atomic E-state index is 0.310. The maximum Gasteiger partial charge on any atom is 0.135 e. The second-order valence-corrected chi connectivity index (χ2v) is 5.02. The van der Waals surface area contributed by atoms with Crippen LogP contribution in [0.15, 0.2) is 59.0 Å². The molecule has 2 nitrogen and oxygen atoms in total. The summed E-state index contributed by atoms with van der Waals surface area (Å²) < 4.78 is 6.00. The zero-order valence-electron chi connectivity index (χ0n) is 11.9. The number of para-hydroxylation sites is 1. The van der Waals surface area contributed by atoms with Gasteiger partial charge in [-0.2, -0.15) is 0 Å². The molecular formula is C18H19NO. The molecule has 0 radical (unpaired) electrons. The summed E-state index contributed by atoms with van der Waals surface area (Å²) in [5, 5.41) is 4.61. The molecule has 2 heteroatoms. The van der Waals surface area contributed by atoms with Gasteiger partial charge in [-0.1, -0.05) is 49.4 Å². The Hall–Kier alpha value is -2.06. The molecule has 0 aliphatic carbocycles. The molecule has 3 rings (SSSR count). The minimum Gasteiger partial charge on any atom is -0.456 e. The summed E-state index contributed by atoms with van der Waals surface area (Å²) >= 11 is 0. The second kappa shape index (κ2) is 5.51. The summed E-state index contributed by atoms with van der Waals surface area (Å²) in [4.78, 5) is 0. The van der Waals surface area contributed by atoms with E-state index in [4.69, 9.17) is 4.42 Å². The van der Waals surface area contributed by atoms with Gasteiger partial charge in [-0.05, 0) is 31.2 Å². The fourth-order valence-corrected chi connectivity index (χ4v) is 2.63. The van der Waals surface area contributed by atoms with E-state index >= 15 is 0 Å². The molecule has 0 fully saturated rings. The van der Waals surface area contributed by atoms with Crippen molar-refractivity contribution in [3.05, 3.63) is 60.2 Å². The van der Waals surface area contributed by atoms with E-state index in [0.717, 1.165) is 28.8 Å². The molecule has 2 aromatic carbocycles. The molecule has 102 valence electrons. The summed E-state index contributed by atoms with van der Waals surface area (Å²) in [6.07, 6.45) is 0. The number of nitrogens with one attached hydrogen (secondary N) is 1. The van der Waals surface area contributed by atoms with Gasteiger partial charge in [-0.25, -0.2) is 0 Å². The van der Waals surface area contributed by atoms with Crippen LogP contribution >= 0.6 is 0 Å². The molecular weight excluding hydrogens is 246 g/mol. The molecule has 0 saturated heterocycles. The number of hydrogen-bond acceptors (Lipinski definition) is 2. The van der Waals surface area contributed by atoms with E-state index < -0.39 is 0 Å². The molecule has 0 spiro atoms.